The van der Waals surface area contributed by atoms with Crippen molar-refractivity contribution in [3.63, 3.8) is 0 Å². The molecule has 0 atom stereocenters. The summed E-state index contributed by atoms with van der Waals surface area (Å²) in [4.78, 5) is 42.7. The Kier molecular flexibility index (Phi) is 9.63. The summed E-state index contributed by atoms with van der Waals surface area (Å²) in [6, 6.07) is 13.2. The van der Waals surface area contributed by atoms with Gasteiger partial charge < -0.3 is 30.1 Å². The molecule has 0 spiro atoms. The molecule has 0 aliphatic carbocycles. The zero-order chi connectivity index (χ0) is 26.1. The number of methoxy groups -OCH3 is 1. The van der Waals surface area contributed by atoms with Crippen LogP contribution in [0.1, 0.15) is 13.8 Å². The molecule has 2 aromatic carbocycles. The second-order valence-electron chi connectivity index (χ2n) is 8.89. The zero-order valence-corrected chi connectivity index (χ0v) is 21.0. The SMILES string of the molecule is COCCN(CC(=O)Nc1ccc(N2CCN(C(=O)Nc3ccccc3F)CC2)cc1)C(=O)C(C)C. The Bertz CT molecular complexity index is 1040. The number of rotatable bonds is 9. The van der Waals surface area contributed by atoms with Crippen LogP contribution in [-0.4, -0.2) is 80.6 Å². The first kappa shape index (κ1) is 26.9. The molecule has 1 aliphatic rings. The standard InChI is InChI=1S/C26H34FN5O4/c1-19(2)25(34)32(16-17-36-3)18-24(33)28-20-8-10-21(11-9-20)30-12-14-31(15-13-30)26(35)29-23-7-5-4-6-22(23)27/h4-11,19H,12-18H2,1-3H3,(H,28,33)(H,29,35). The predicted molar refractivity (Wildman–Crippen MR) is 138 cm³/mol. The minimum absolute atomic E-state index is 0.0426. The Hall–Kier alpha value is -3.66. The molecule has 0 radical (unpaired) electrons. The van der Waals surface area contributed by atoms with Crippen molar-refractivity contribution in [2.24, 2.45) is 5.92 Å². The number of hydrogen-bond donors (Lipinski definition) is 2. The maximum Gasteiger partial charge on any atom is 0.322 e. The van der Waals surface area contributed by atoms with Crippen LogP contribution >= 0.6 is 0 Å². The molecular weight excluding hydrogens is 465 g/mol. The van der Waals surface area contributed by atoms with E-state index in [1.54, 1.807) is 38.0 Å². The van der Waals surface area contributed by atoms with Crippen LogP contribution in [0.25, 0.3) is 0 Å². The molecule has 1 aliphatic heterocycles. The molecule has 0 saturated carbocycles. The van der Waals surface area contributed by atoms with E-state index in [1.165, 1.54) is 17.0 Å². The maximum atomic E-state index is 13.8. The van der Waals surface area contributed by atoms with Crippen molar-refractivity contribution in [3.8, 4) is 0 Å². The van der Waals surface area contributed by atoms with Crippen molar-refractivity contribution >= 4 is 34.9 Å². The monoisotopic (exact) mass is 499 g/mol. The average molecular weight is 500 g/mol. The summed E-state index contributed by atoms with van der Waals surface area (Å²) in [5.74, 6) is -1.05. The Morgan fingerprint density at radius 1 is 1.00 bits per heavy atom. The topological polar surface area (TPSA) is 94.2 Å². The van der Waals surface area contributed by atoms with E-state index in [2.05, 4.69) is 15.5 Å². The normalized spacial score (nSPS) is 13.5. The fourth-order valence-electron chi connectivity index (χ4n) is 3.89. The van der Waals surface area contributed by atoms with E-state index in [0.717, 1.165) is 5.69 Å². The second-order valence-corrected chi connectivity index (χ2v) is 8.89. The second kappa shape index (κ2) is 12.9. The summed E-state index contributed by atoms with van der Waals surface area (Å²) < 4.78 is 18.9. The molecule has 0 unspecified atom stereocenters. The number of benzene rings is 2. The predicted octanol–water partition coefficient (Wildman–Crippen LogP) is 3.25. The smallest absolute Gasteiger partial charge is 0.322 e. The van der Waals surface area contributed by atoms with Gasteiger partial charge in [0.2, 0.25) is 11.8 Å². The highest BCUT2D eigenvalue weighted by Crippen LogP contribution is 2.20. The van der Waals surface area contributed by atoms with E-state index < -0.39 is 5.82 Å². The van der Waals surface area contributed by atoms with Crippen LogP contribution in [0.5, 0.6) is 0 Å². The molecule has 1 fully saturated rings. The van der Waals surface area contributed by atoms with Gasteiger partial charge in [0, 0.05) is 57.1 Å². The van der Waals surface area contributed by atoms with Crippen molar-refractivity contribution in [1.82, 2.24) is 9.80 Å². The van der Waals surface area contributed by atoms with Crippen LogP contribution in [0.3, 0.4) is 0 Å². The number of urea groups is 1. The molecule has 2 N–H and O–H groups in total. The van der Waals surface area contributed by atoms with Crippen molar-refractivity contribution < 1.29 is 23.5 Å². The van der Waals surface area contributed by atoms with Gasteiger partial charge in [-0.3, -0.25) is 9.59 Å². The van der Waals surface area contributed by atoms with Gasteiger partial charge in [-0.05, 0) is 36.4 Å². The van der Waals surface area contributed by atoms with Gasteiger partial charge >= 0.3 is 6.03 Å². The summed E-state index contributed by atoms with van der Waals surface area (Å²) in [6.07, 6.45) is 0. The number of anilines is 3. The average Bonchev–Trinajstić information content (AvgIpc) is 2.88. The molecule has 194 valence electrons. The highest BCUT2D eigenvalue weighted by Gasteiger charge is 2.23. The summed E-state index contributed by atoms with van der Waals surface area (Å²) in [6.45, 7) is 6.52. The van der Waals surface area contributed by atoms with Crippen molar-refractivity contribution in [1.29, 1.82) is 0 Å². The minimum atomic E-state index is -0.467. The van der Waals surface area contributed by atoms with E-state index in [4.69, 9.17) is 4.74 Å². The lowest BCUT2D eigenvalue weighted by Crippen LogP contribution is -2.50. The van der Waals surface area contributed by atoms with E-state index in [9.17, 15) is 18.8 Å². The van der Waals surface area contributed by atoms with E-state index >= 15 is 0 Å². The zero-order valence-electron chi connectivity index (χ0n) is 21.0. The molecule has 1 saturated heterocycles. The van der Waals surface area contributed by atoms with Gasteiger partial charge in [0.1, 0.15) is 5.82 Å². The number of carbonyl (C=O) groups excluding carboxylic acids is 3. The third-order valence-electron chi connectivity index (χ3n) is 5.90. The molecular formula is C26H34FN5O4. The highest BCUT2D eigenvalue weighted by atomic mass is 19.1. The number of amides is 4. The lowest BCUT2D eigenvalue weighted by atomic mass is 10.2. The highest BCUT2D eigenvalue weighted by molar-refractivity contribution is 5.95. The van der Waals surface area contributed by atoms with Crippen LogP contribution in [0.15, 0.2) is 48.5 Å². The molecule has 1 heterocycles. The number of halogens is 1. The van der Waals surface area contributed by atoms with E-state index in [-0.39, 0.29) is 36.0 Å². The Balaban J connectivity index is 1.49. The number of nitrogens with zero attached hydrogens (tertiary/aromatic N) is 3. The summed E-state index contributed by atoms with van der Waals surface area (Å²) >= 11 is 0. The van der Waals surface area contributed by atoms with Crippen molar-refractivity contribution in [2.45, 2.75) is 13.8 Å². The number of ether oxygens (including phenoxy) is 1. The number of para-hydroxylation sites is 1. The fraction of sp³-hybridized carbons (Fsp3) is 0.423. The quantitative estimate of drug-likeness (QED) is 0.553. The number of carbonyl (C=O) groups is 3. The molecule has 10 heteroatoms. The van der Waals surface area contributed by atoms with E-state index in [1.807, 2.05) is 24.3 Å². The third-order valence-corrected chi connectivity index (χ3v) is 5.90. The van der Waals surface area contributed by atoms with Gasteiger partial charge in [0.15, 0.2) is 0 Å². The van der Waals surface area contributed by atoms with Crippen LogP contribution in [0, 0.1) is 11.7 Å². The summed E-state index contributed by atoms with van der Waals surface area (Å²) in [5.41, 5.74) is 1.77. The van der Waals surface area contributed by atoms with Crippen LogP contribution < -0.4 is 15.5 Å². The van der Waals surface area contributed by atoms with Gasteiger partial charge in [0.25, 0.3) is 0 Å². The van der Waals surface area contributed by atoms with Gasteiger partial charge in [-0.15, -0.1) is 0 Å². The third kappa shape index (κ3) is 7.42. The molecule has 2 aromatic rings. The van der Waals surface area contributed by atoms with Crippen LogP contribution in [0.2, 0.25) is 0 Å². The van der Waals surface area contributed by atoms with Crippen LogP contribution in [0.4, 0.5) is 26.2 Å². The molecule has 0 bridgehead atoms. The van der Waals surface area contributed by atoms with E-state index in [0.29, 0.717) is 45.0 Å². The summed E-state index contributed by atoms with van der Waals surface area (Å²) in [7, 11) is 1.56. The fourth-order valence-corrected chi connectivity index (χ4v) is 3.89. The Morgan fingerprint density at radius 3 is 2.28 bits per heavy atom. The molecule has 4 amide bonds. The first-order valence-corrected chi connectivity index (χ1v) is 12.0. The number of nitrogens with one attached hydrogen (secondary N) is 2. The van der Waals surface area contributed by atoms with Gasteiger partial charge in [-0.2, -0.15) is 0 Å². The number of hydrogen-bond acceptors (Lipinski definition) is 5. The number of piperazine rings is 1. The Labute approximate surface area is 211 Å². The lowest BCUT2D eigenvalue weighted by Gasteiger charge is -2.36. The Morgan fingerprint density at radius 2 is 1.67 bits per heavy atom. The summed E-state index contributed by atoms with van der Waals surface area (Å²) in [5, 5.41) is 5.46. The molecule has 3 rings (SSSR count). The first-order chi connectivity index (χ1) is 17.3. The molecule has 36 heavy (non-hydrogen) atoms. The first-order valence-electron chi connectivity index (χ1n) is 12.0. The van der Waals surface area contributed by atoms with Crippen molar-refractivity contribution in [2.75, 3.05) is 68.5 Å². The minimum Gasteiger partial charge on any atom is -0.383 e. The van der Waals surface area contributed by atoms with Gasteiger partial charge in [-0.1, -0.05) is 26.0 Å². The van der Waals surface area contributed by atoms with Crippen molar-refractivity contribution in [3.05, 3.63) is 54.3 Å². The maximum absolute atomic E-state index is 13.8. The largest absolute Gasteiger partial charge is 0.383 e. The molecule has 0 aromatic heterocycles. The molecule has 9 nitrogen and oxygen atoms in total. The lowest BCUT2D eigenvalue weighted by molar-refractivity contribution is -0.138. The van der Waals surface area contributed by atoms with Gasteiger partial charge in [-0.25, -0.2) is 9.18 Å². The van der Waals surface area contributed by atoms with Gasteiger partial charge in [0.05, 0.1) is 18.8 Å². The van der Waals surface area contributed by atoms with Crippen LogP contribution in [-0.2, 0) is 14.3 Å².